The summed E-state index contributed by atoms with van der Waals surface area (Å²) < 4.78 is 0. The molecule has 0 spiro atoms. The maximum absolute atomic E-state index is 8.78. The molecule has 2 aromatic carbocycles. The van der Waals surface area contributed by atoms with Crippen LogP contribution >= 0.6 is 0 Å². The van der Waals surface area contributed by atoms with E-state index in [2.05, 4.69) is 41.7 Å². The zero-order chi connectivity index (χ0) is 14.4. The molecule has 0 aliphatic heterocycles. The van der Waals surface area contributed by atoms with Crippen molar-refractivity contribution in [1.82, 2.24) is 5.32 Å². The molecule has 0 saturated carbocycles. The minimum Gasteiger partial charge on any atom is -0.409 e. The zero-order valence-electron chi connectivity index (χ0n) is 11.5. The summed E-state index contributed by atoms with van der Waals surface area (Å²) >= 11 is 0. The van der Waals surface area contributed by atoms with Crippen molar-refractivity contribution < 1.29 is 5.21 Å². The van der Waals surface area contributed by atoms with Gasteiger partial charge in [0, 0.05) is 18.7 Å². The van der Waals surface area contributed by atoms with Crippen molar-refractivity contribution >= 4 is 5.84 Å². The third kappa shape index (κ3) is 3.59. The number of benzene rings is 2. The lowest BCUT2D eigenvalue weighted by Crippen LogP contribution is -2.19. The van der Waals surface area contributed by atoms with Crippen molar-refractivity contribution in [3.63, 3.8) is 0 Å². The number of nitrogens with zero attached hydrogens (tertiary/aromatic N) is 1. The number of hydrogen-bond donors (Lipinski definition) is 3. The van der Waals surface area contributed by atoms with Gasteiger partial charge < -0.3 is 16.3 Å². The number of nitrogens with two attached hydrogens (primary N) is 1. The first-order chi connectivity index (χ1) is 9.70. The van der Waals surface area contributed by atoms with E-state index in [4.69, 9.17) is 10.9 Å². The Bertz CT molecular complexity index is 591. The Morgan fingerprint density at radius 2 is 1.80 bits per heavy atom. The highest BCUT2D eigenvalue weighted by molar-refractivity contribution is 5.98. The topological polar surface area (TPSA) is 70.6 Å². The van der Waals surface area contributed by atoms with Gasteiger partial charge in [0.2, 0.25) is 0 Å². The van der Waals surface area contributed by atoms with Crippen molar-refractivity contribution in [3.8, 4) is 0 Å². The second-order valence-corrected chi connectivity index (χ2v) is 4.73. The van der Waals surface area contributed by atoms with Crippen LogP contribution in [0.4, 0.5) is 0 Å². The summed E-state index contributed by atoms with van der Waals surface area (Å²) in [6.45, 7) is 3.52. The summed E-state index contributed by atoms with van der Waals surface area (Å²) in [5, 5.41) is 15.2. The van der Waals surface area contributed by atoms with Crippen LogP contribution in [0.1, 0.15) is 22.3 Å². The molecule has 0 bridgehead atoms. The molecule has 4 N–H and O–H groups in total. The van der Waals surface area contributed by atoms with Crippen LogP contribution in [0.5, 0.6) is 0 Å². The van der Waals surface area contributed by atoms with Crippen LogP contribution in [0, 0.1) is 6.92 Å². The van der Waals surface area contributed by atoms with Gasteiger partial charge in [-0.2, -0.15) is 0 Å². The highest BCUT2D eigenvalue weighted by Crippen LogP contribution is 2.09. The van der Waals surface area contributed by atoms with Crippen molar-refractivity contribution in [2.45, 2.75) is 20.0 Å². The van der Waals surface area contributed by atoms with Gasteiger partial charge in [0.05, 0.1) is 0 Å². The van der Waals surface area contributed by atoms with Gasteiger partial charge in [-0.15, -0.1) is 0 Å². The molecule has 104 valence electrons. The average Bonchev–Trinajstić information content (AvgIpc) is 2.49. The van der Waals surface area contributed by atoms with E-state index in [-0.39, 0.29) is 5.84 Å². The molecule has 20 heavy (non-hydrogen) atoms. The molecule has 0 fully saturated rings. The first-order valence-electron chi connectivity index (χ1n) is 6.53. The molecular formula is C16H19N3O. The minimum atomic E-state index is 0.137. The minimum absolute atomic E-state index is 0.137. The van der Waals surface area contributed by atoms with Crippen LogP contribution in [-0.2, 0) is 13.1 Å². The van der Waals surface area contributed by atoms with Gasteiger partial charge >= 0.3 is 0 Å². The van der Waals surface area contributed by atoms with Gasteiger partial charge in [-0.1, -0.05) is 59.3 Å². The van der Waals surface area contributed by atoms with E-state index >= 15 is 0 Å². The molecule has 0 aliphatic carbocycles. The summed E-state index contributed by atoms with van der Waals surface area (Å²) in [6.07, 6.45) is 0. The van der Waals surface area contributed by atoms with Crippen molar-refractivity contribution in [2.24, 2.45) is 10.9 Å². The Hall–Kier alpha value is -2.33. The first kappa shape index (κ1) is 14.1. The fraction of sp³-hybridized carbons (Fsp3) is 0.188. The Labute approximate surface area is 118 Å². The Kier molecular flexibility index (Phi) is 4.74. The highest BCUT2D eigenvalue weighted by Gasteiger charge is 2.05. The lowest BCUT2D eigenvalue weighted by molar-refractivity contribution is 0.318. The zero-order valence-corrected chi connectivity index (χ0v) is 11.5. The molecule has 0 amide bonds. The van der Waals surface area contributed by atoms with Crippen LogP contribution in [0.3, 0.4) is 0 Å². The number of hydrogen-bond acceptors (Lipinski definition) is 3. The summed E-state index contributed by atoms with van der Waals surface area (Å²) in [5.74, 6) is 0.137. The highest BCUT2D eigenvalue weighted by atomic mass is 16.4. The van der Waals surface area contributed by atoms with E-state index in [0.29, 0.717) is 6.54 Å². The van der Waals surface area contributed by atoms with Crippen LogP contribution in [-0.4, -0.2) is 11.0 Å². The fourth-order valence-electron chi connectivity index (χ4n) is 2.03. The normalized spacial score (nSPS) is 11.6. The summed E-state index contributed by atoms with van der Waals surface area (Å²) in [4.78, 5) is 0. The number of rotatable bonds is 5. The molecule has 0 aliphatic rings. The molecule has 0 atom stereocenters. The average molecular weight is 269 g/mol. The lowest BCUT2D eigenvalue weighted by Gasteiger charge is -2.09. The summed E-state index contributed by atoms with van der Waals surface area (Å²) in [7, 11) is 0. The standard InChI is InChI=1S/C16H19N3O/c1-12-6-8-13(9-7-12)10-18-11-14-4-2-3-5-15(14)16(17)19-20/h2-9,18,20H,10-11H2,1H3,(H2,17,19). The van der Waals surface area contributed by atoms with E-state index < -0.39 is 0 Å². The monoisotopic (exact) mass is 269 g/mol. The largest absolute Gasteiger partial charge is 0.409 e. The molecule has 0 aromatic heterocycles. The van der Waals surface area contributed by atoms with E-state index in [1.165, 1.54) is 11.1 Å². The second kappa shape index (κ2) is 6.73. The molecule has 4 nitrogen and oxygen atoms in total. The molecule has 4 heteroatoms. The number of nitrogens with one attached hydrogen (secondary N) is 1. The van der Waals surface area contributed by atoms with Gasteiger partial charge in [0.1, 0.15) is 0 Å². The number of oxime groups is 1. The quantitative estimate of drug-likeness (QED) is 0.338. The van der Waals surface area contributed by atoms with Gasteiger partial charge in [-0.05, 0) is 18.1 Å². The molecule has 2 aromatic rings. The number of amidine groups is 1. The second-order valence-electron chi connectivity index (χ2n) is 4.73. The van der Waals surface area contributed by atoms with Gasteiger partial charge in [-0.25, -0.2) is 0 Å². The lowest BCUT2D eigenvalue weighted by atomic mass is 10.1. The van der Waals surface area contributed by atoms with Gasteiger partial charge in [0.15, 0.2) is 5.84 Å². The Balaban J connectivity index is 1.99. The van der Waals surface area contributed by atoms with E-state index in [1.54, 1.807) is 0 Å². The Morgan fingerprint density at radius 1 is 1.10 bits per heavy atom. The van der Waals surface area contributed by atoms with Crippen molar-refractivity contribution in [1.29, 1.82) is 0 Å². The fourth-order valence-corrected chi connectivity index (χ4v) is 2.03. The SMILES string of the molecule is Cc1ccc(CNCc2ccccc2C(N)=NO)cc1. The molecule has 0 saturated heterocycles. The third-order valence-corrected chi connectivity index (χ3v) is 3.17. The van der Waals surface area contributed by atoms with Crippen LogP contribution in [0.25, 0.3) is 0 Å². The Morgan fingerprint density at radius 3 is 2.50 bits per heavy atom. The number of aryl methyl sites for hydroxylation is 1. The molecule has 0 heterocycles. The van der Waals surface area contributed by atoms with Crippen LogP contribution < -0.4 is 11.1 Å². The van der Waals surface area contributed by atoms with Gasteiger partial charge in [0.25, 0.3) is 0 Å². The molecular weight excluding hydrogens is 250 g/mol. The molecule has 0 unspecified atom stereocenters. The van der Waals surface area contributed by atoms with Crippen LogP contribution in [0.15, 0.2) is 53.7 Å². The summed E-state index contributed by atoms with van der Waals surface area (Å²) in [5.41, 5.74) is 9.92. The van der Waals surface area contributed by atoms with Crippen molar-refractivity contribution in [2.75, 3.05) is 0 Å². The molecule has 2 rings (SSSR count). The predicted octanol–water partition coefficient (Wildman–Crippen LogP) is 2.38. The van der Waals surface area contributed by atoms with Gasteiger partial charge in [-0.3, -0.25) is 0 Å². The van der Waals surface area contributed by atoms with E-state index in [1.807, 2.05) is 24.3 Å². The van der Waals surface area contributed by atoms with E-state index in [9.17, 15) is 0 Å². The smallest absolute Gasteiger partial charge is 0.170 e. The maximum atomic E-state index is 8.78. The third-order valence-electron chi connectivity index (χ3n) is 3.17. The van der Waals surface area contributed by atoms with Crippen molar-refractivity contribution in [3.05, 3.63) is 70.8 Å². The predicted molar refractivity (Wildman–Crippen MR) is 80.7 cm³/mol. The van der Waals surface area contributed by atoms with E-state index in [0.717, 1.165) is 17.7 Å². The summed E-state index contributed by atoms with van der Waals surface area (Å²) in [6, 6.07) is 16.0. The van der Waals surface area contributed by atoms with Crippen LogP contribution in [0.2, 0.25) is 0 Å². The molecule has 0 radical (unpaired) electrons. The maximum Gasteiger partial charge on any atom is 0.170 e. The first-order valence-corrected chi connectivity index (χ1v) is 6.53.